The lowest BCUT2D eigenvalue weighted by Gasteiger charge is -2.34. The van der Waals surface area contributed by atoms with Crippen LogP contribution in [0.15, 0.2) is 35.6 Å². The van der Waals surface area contributed by atoms with Gasteiger partial charge in [0.05, 0.1) is 12.2 Å². The number of aryl methyl sites for hydroxylation is 1. The molecule has 1 aliphatic rings. The summed E-state index contributed by atoms with van der Waals surface area (Å²) in [6.45, 7) is 8.99. The number of hydrogen-bond acceptors (Lipinski definition) is 5. The van der Waals surface area contributed by atoms with Gasteiger partial charge in [0, 0.05) is 59.2 Å². The minimum Gasteiger partial charge on any atom is -0.354 e. The zero-order chi connectivity index (χ0) is 19.1. The van der Waals surface area contributed by atoms with Gasteiger partial charge in [0.25, 0.3) is 0 Å². The van der Waals surface area contributed by atoms with Crippen LogP contribution < -0.4 is 15.5 Å². The van der Waals surface area contributed by atoms with E-state index in [9.17, 15) is 0 Å². The van der Waals surface area contributed by atoms with Crippen molar-refractivity contribution < 1.29 is 0 Å². The molecule has 1 saturated heterocycles. The van der Waals surface area contributed by atoms with E-state index in [0.717, 1.165) is 50.2 Å². The molecule has 0 aromatic carbocycles. The Balaban J connectivity index is 1.52. The van der Waals surface area contributed by atoms with Gasteiger partial charge >= 0.3 is 0 Å². The predicted octanol–water partition coefficient (Wildman–Crippen LogP) is 0.822. The van der Waals surface area contributed by atoms with E-state index < -0.39 is 0 Å². The Hall–Kier alpha value is -2.61. The lowest BCUT2D eigenvalue weighted by atomic mass is 10.2. The van der Waals surface area contributed by atoms with Crippen LogP contribution in [-0.4, -0.2) is 65.4 Å². The standard InChI is InChI=1S/C19H30N8/c1-4-26-9-11-27(12-10-26)18-13-16(5-7-21-18)14-22-19(20-2)23-15-17-6-8-24-25(17)3/h5-8,13H,4,9-12,14-15H2,1-3H3,(H2,20,22,23). The molecule has 0 radical (unpaired) electrons. The molecule has 2 aromatic rings. The second kappa shape index (κ2) is 9.36. The highest BCUT2D eigenvalue weighted by atomic mass is 15.3. The number of rotatable bonds is 6. The number of aromatic nitrogens is 3. The van der Waals surface area contributed by atoms with E-state index in [-0.39, 0.29) is 0 Å². The van der Waals surface area contributed by atoms with Gasteiger partial charge in [-0.2, -0.15) is 5.10 Å². The Morgan fingerprint density at radius 1 is 1.11 bits per heavy atom. The fourth-order valence-electron chi connectivity index (χ4n) is 3.19. The highest BCUT2D eigenvalue weighted by Crippen LogP contribution is 2.15. The van der Waals surface area contributed by atoms with Crippen molar-refractivity contribution in [3.8, 4) is 0 Å². The maximum atomic E-state index is 4.57. The van der Waals surface area contributed by atoms with Crippen LogP contribution in [0.5, 0.6) is 0 Å². The summed E-state index contributed by atoms with van der Waals surface area (Å²) >= 11 is 0. The first-order valence-electron chi connectivity index (χ1n) is 9.53. The fraction of sp³-hybridized carbons (Fsp3) is 0.526. The van der Waals surface area contributed by atoms with Crippen LogP contribution in [-0.2, 0) is 20.1 Å². The SMILES string of the molecule is CCN1CCN(c2cc(CNC(=NC)NCc3ccnn3C)ccn2)CC1. The zero-order valence-corrected chi connectivity index (χ0v) is 16.5. The van der Waals surface area contributed by atoms with Gasteiger partial charge < -0.3 is 20.4 Å². The number of nitrogens with zero attached hydrogens (tertiary/aromatic N) is 6. The Bertz CT molecular complexity index is 746. The molecule has 0 bridgehead atoms. The Labute approximate surface area is 161 Å². The molecule has 2 aromatic heterocycles. The van der Waals surface area contributed by atoms with Crippen molar-refractivity contribution in [3.63, 3.8) is 0 Å². The van der Waals surface area contributed by atoms with Crippen molar-refractivity contribution in [2.75, 3.05) is 44.7 Å². The van der Waals surface area contributed by atoms with Crippen LogP contribution >= 0.6 is 0 Å². The number of piperazine rings is 1. The highest BCUT2D eigenvalue weighted by molar-refractivity contribution is 5.79. The van der Waals surface area contributed by atoms with E-state index in [4.69, 9.17) is 0 Å². The second-order valence-electron chi connectivity index (χ2n) is 6.67. The molecule has 0 atom stereocenters. The van der Waals surface area contributed by atoms with Crippen LogP contribution in [0.2, 0.25) is 0 Å². The van der Waals surface area contributed by atoms with Gasteiger partial charge in [-0.3, -0.25) is 9.67 Å². The van der Waals surface area contributed by atoms with Crippen LogP contribution in [0.25, 0.3) is 0 Å². The van der Waals surface area contributed by atoms with E-state index in [0.29, 0.717) is 13.1 Å². The molecule has 3 heterocycles. The molecule has 2 N–H and O–H groups in total. The number of guanidine groups is 1. The average molecular weight is 371 g/mol. The summed E-state index contributed by atoms with van der Waals surface area (Å²) in [4.78, 5) is 13.7. The van der Waals surface area contributed by atoms with Crippen LogP contribution in [0.1, 0.15) is 18.2 Å². The van der Waals surface area contributed by atoms with Crippen molar-refractivity contribution in [2.45, 2.75) is 20.0 Å². The van der Waals surface area contributed by atoms with Gasteiger partial charge in [-0.25, -0.2) is 4.98 Å². The molecule has 1 aliphatic heterocycles. The lowest BCUT2D eigenvalue weighted by Crippen LogP contribution is -2.46. The van der Waals surface area contributed by atoms with E-state index in [1.807, 2.05) is 30.1 Å². The molecule has 3 rings (SSSR count). The predicted molar refractivity (Wildman–Crippen MR) is 109 cm³/mol. The summed E-state index contributed by atoms with van der Waals surface area (Å²) in [6.07, 6.45) is 3.69. The molecule has 0 spiro atoms. The monoisotopic (exact) mass is 370 g/mol. The lowest BCUT2D eigenvalue weighted by molar-refractivity contribution is 0.270. The number of anilines is 1. The Morgan fingerprint density at radius 3 is 2.56 bits per heavy atom. The summed E-state index contributed by atoms with van der Waals surface area (Å²) in [5.74, 6) is 1.83. The molecular weight excluding hydrogens is 340 g/mol. The molecule has 0 aliphatic carbocycles. The van der Waals surface area contributed by atoms with E-state index >= 15 is 0 Å². The first-order valence-corrected chi connectivity index (χ1v) is 9.53. The van der Waals surface area contributed by atoms with Gasteiger partial charge in [0.15, 0.2) is 5.96 Å². The first-order chi connectivity index (χ1) is 13.2. The topological polar surface area (TPSA) is 73.6 Å². The maximum Gasteiger partial charge on any atom is 0.191 e. The highest BCUT2D eigenvalue weighted by Gasteiger charge is 2.16. The molecular formula is C19H30N8. The smallest absolute Gasteiger partial charge is 0.191 e. The second-order valence-corrected chi connectivity index (χ2v) is 6.67. The molecule has 0 amide bonds. The normalized spacial score (nSPS) is 15.8. The third-order valence-corrected chi connectivity index (χ3v) is 5.00. The van der Waals surface area contributed by atoms with Crippen LogP contribution in [0.3, 0.4) is 0 Å². The van der Waals surface area contributed by atoms with E-state index in [1.165, 1.54) is 5.56 Å². The van der Waals surface area contributed by atoms with Gasteiger partial charge in [0.1, 0.15) is 5.82 Å². The quantitative estimate of drug-likeness (QED) is 0.579. The van der Waals surface area contributed by atoms with Gasteiger partial charge in [0.2, 0.25) is 0 Å². The molecule has 8 heteroatoms. The molecule has 0 saturated carbocycles. The van der Waals surface area contributed by atoms with Crippen LogP contribution in [0, 0.1) is 0 Å². The minimum absolute atomic E-state index is 0.680. The van der Waals surface area contributed by atoms with Crippen molar-refractivity contribution in [1.82, 2.24) is 30.3 Å². The van der Waals surface area contributed by atoms with Crippen molar-refractivity contribution in [3.05, 3.63) is 41.9 Å². The molecule has 146 valence electrons. The first kappa shape index (κ1) is 19.2. The van der Waals surface area contributed by atoms with Crippen molar-refractivity contribution in [2.24, 2.45) is 12.0 Å². The number of nitrogens with one attached hydrogen (secondary N) is 2. The summed E-state index contributed by atoms with van der Waals surface area (Å²) < 4.78 is 1.85. The van der Waals surface area contributed by atoms with E-state index in [1.54, 1.807) is 13.2 Å². The largest absolute Gasteiger partial charge is 0.354 e. The van der Waals surface area contributed by atoms with Crippen molar-refractivity contribution >= 4 is 11.8 Å². The zero-order valence-electron chi connectivity index (χ0n) is 16.5. The maximum absolute atomic E-state index is 4.57. The van der Waals surface area contributed by atoms with Crippen molar-refractivity contribution in [1.29, 1.82) is 0 Å². The summed E-state index contributed by atoms with van der Waals surface area (Å²) in [5.41, 5.74) is 2.30. The van der Waals surface area contributed by atoms with Gasteiger partial charge in [-0.1, -0.05) is 6.92 Å². The third kappa shape index (κ3) is 5.19. The Morgan fingerprint density at radius 2 is 1.89 bits per heavy atom. The molecule has 0 unspecified atom stereocenters. The molecule has 27 heavy (non-hydrogen) atoms. The molecule has 8 nitrogen and oxygen atoms in total. The Kier molecular flexibility index (Phi) is 6.64. The fourth-order valence-corrected chi connectivity index (χ4v) is 3.19. The number of aliphatic imine (C=N–C) groups is 1. The van der Waals surface area contributed by atoms with Crippen LogP contribution in [0.4, 0.5) is 5.82 Å². The number of hydrogen-bond donors (Lipinski definition) is 2. The van der Waals surface area contributed by atoms with E-state index in [2.05, 4.69) is 48.5 Å². The summed E-state index contributed by atoms with van der Waals surface area (Å²) in [5, 5.41) is 10.9. The average Bonchev–Trinajstić information content (AvgIpc) is 3.13. The summed E-state index contributed by atoms with van der Waals surface area (Å²) in [7, 11) is 3.72. The molecule has 1 fully saturated rings. The van der Waals surface area contributed by atoms with Gasteiger partial charge in [-0.15, -0.1) is 0 Å². The summed E-state index contributed by atoms with van der Waals surface area (Å²) in [6, 6.07) is 6.21. The minimum atomic E-state index is 0.680. The third-order valence-electron chi connectivity index (χ3n) is 5.00. The number of pyridine rings is 1. The number of likely N-dealkylation sites (N-methyl/N-ethyl adjacent to an activating group) is 1. The van der Waals surface area contributed by atoms with Gasteiger partial charge in [-0.05, 0) is 30.3 Å².